The number of nitrogens with one attached hydrogen (secondary N) is 1. The molecule has 1 aliphatic heterocycles. The number of aromatic nitrogens is 2. The number of carbonyl (C=O) groups is 1. The number of likely N-dealkylation sites (tertiary alicyclic amines) is 1. The number of anilines is 1. The number of halogens is 3. The summed E-state index contributed by atoms with van der Waals surface area (Å²) < 4.78 is 47.6. The lowest BCUT2D eigenvalue weighted by molar-refractivity contribution is -0.157. The number of nitrogens with zero attached hydrogens (tertiary/aromatic N) is 3. The second-order valence-electron chi connectivity index (χ2n) is 5.89. The van der Waals surface area contributed by atoms with Crippen molar-refractivity contribution in [2.24, 2.45) is 0 Å². The van der Waals surface area contributed by atoms with Crippen molar-refractivity contribution in [1.29, 1.82) is 0 Å². The first-order valence-electron chi connectivity index (χ1n) is 7.97. The highest BCUT2D eigenvalue weighted by Gasteiger charge is 2.39. The topological polar surface area (TPSA) is 80.5 Å². The Balaban J connectivity index is 1.66. The van der Waals surface area contributed by atoms with Crippen LogP contribution in [0.25, 0.3) is 0 Å². The minimum atomic E-state index is -4.68. The smallest absolute Gasteiger partial charge is 0.470 e. The summed E-state index contributed by atoms with van der Waals surface area (Å²) in [4.78, 5) is 14.0. The number of hydrogen-bond acceptors (Lipinski definition) is 5. The van der Waals surface area contributed by atoms with E-state index in [0.717, 1.165) is 0 Å². The average Bonchev–Trinajstić information content (AvgIpc) is 3.12. The van der Waals surface area contributed by atoms with Gasteiger partial charge in [-0.25, -0.2) is 4.79 Å². The number of amides is 2. The molecule has 0 radical (unpaired) electrons. The molecule has 1 atom stereocenters. The third kappa shape index (κ3) is 4.06. The van der Waals surface area contributed by atoms with Gasteiger partial charge in [-0.05, 0) is 25.0 Å². The monoisotopic (exact) mass is 370 g/mol. The molecule has 1 unspecified atom stereocenters. The number of benzene rings is 1. The lowest BCUT2D eigenvalue weighted by atomic mass is 9.98. The van der Waals surface area contributed by atoms with Gasteiger partial charge in [-0.1, -0.05) is 6.07 Å². The molecule has 1 aromatic heterocycles. The SMILES string of the molecule is COc1cccc(NC(=O)N2CCCC(c3nnc(C(F)(F)F)o3)C2)c1. The zero-order valence-corrected chi connectivity index (χ0v) is 13.9. The van der Waals surface area contributed by atoms with Gasteiger partial charge in [0, 0.05) is 24.8 Å². The summed E-state index contributed by atoms with van der Waals surface area (Å²) >= 11 is 0. The van der Waals surface area contributed by atoms with Crippen LogP contribution < -0.4 is 10.1 Å². The van der Waals surface area contributed by atoms with Crippen molar-refractivity contribution < 1.29 is 27.1 Å². The van der Waals surface area contributed by atoms with Gasteiger partial charge >= 0.3 is 18.1 Å². The summed E-state index contributed by atoms with van der Waals surface area (Å²) in [6, 6.07) is 6.53. The fourth-order valence-electron chi connectivity index (χ4n) is 2.78. The van der Waals surface area contributed by atoms with E-state index in [1.807, 2.05) is 0 Å². The molecular weight excluding hydrogens is 353 g/mol. The standard InChI is InChI=1S/C16H17F3N4O3/c1-25-12-6-2-5-11(8-12)20-15(24)23-7-3-4-10(9-23)13-21-22-14(26-13)16(17,18)19/h2,5-6,8,10H,3-4,7,9H2,1H3,(H,20,24). The van der Waals surface area contributed by atoms with E-state index in [4.69, 9.17) is 9.15 Å². The maximum atomic E-state index is 12.6. The Bertz CT molecular complexity index is 778. The predicted octanol–water partition coefficient (Wildman–Crippen LogP) is 3.51. The van der Waals surface area contributed by atoms with Crippen LogP contribution in [-0.4, -0.2) is 41.3 Å². The van der Waals surface area contributed by atoms with Crippen molar-refractivity contribution in [3.05, 3.63) is 36.0 Å². The van der Waals surface area contributed by atoms with Gasteiger partial charge in [-0.15, -0.1) is 10.2 Å². The number of hydrogen-bond donors (Lipinski definition) is 1. The molecule has 26 heavy (non-hydrogen) atoms. The Labute approximate surface area is 147 Å². The molecule has 2 heterocycles. The highest BCUT2D eigenvalue weighted by molar-refractivity contribution is 5.89. The van der Waals surface area contributed by atoms with E-state index in [-0.39, 0.29) is 18.5 Å². The molecule has 3 rings (SSSR count). The van der Waals surface area contributed by atoms with E-state index >= 15 is 0 Å². The van der Waals surface area contributed by atoms with Crippen molar-refractivity contribution in [2.45, 2.75) is 24.9 Å². The highest BCUT2D eigenvalue weighted by Crippen LogP contribution is 2.32. The molecule has 0 bridgehead atoms. The Morgan fingerprint density at radius 1 is 1.38 bits per heavy atom. The molecule has 10 heteroatoms. The van der Waals surface area contributed by atoms with Gasteiger partial charge in [0.05, 0.1) is 13.0 Å². The summed E-state index contributed by atoms with van der Waals surface area (Å²) in [5.74, 6) is -1.30. The largest absolute Gasteiger partial charge is 0.497 e. The van der Waals surface area contributed by atoms with Crippen LogP contribution in [-0.2, 0) is 6.18 Å². The zero-order valence-electron chi connectivity index (χ0n) is 13.9. The predicted molar refractivity (Wildman–Crippen MR) is 84.9 cm³/mol. The molecule has 0 aliphatic carbocycles. The Kier molecular flexibility index (Phi) is 5.01. The van der Waals surface area contributed by atoms with Crippen molar-refractivity contribution in [3.63, 3.8) is 0 Å². The minimum Gasteiger partial charge on any atom is -0.497 e. The molecule has 1 N–H and O–H groups in total. The fraction of sp³-hybridized carbons (Fsp3) is 0.438. The molecule has 140 valence electrons. The summed E-state index contributed by atoms with van der Waals surface area (Å²) in [7, 11) is 1.52. The van der Waals surface area contributed by atoms with Crippen LogP contribution in [0, 0.1) is 0 Å². The molecule has 1 fully saturated rings. The van der Waals surface area contributed by atoms with Crippen LogP contribution in [0.3, 0.4) is 0 Å². The van der Waals surface area contributed by atoms with Gasteiger partial charge in [0.1, 0.15) is 5.75 Å². The average molecular weight is 370 g/mol. The first-order chi connectivity index (χ1) is 12.4. The van der Waals surface area contributed by atoms with Crippen LogP contribution in [0.4, 0.5) is 23.7 Å². The molecule has 0 saturated carbocycles. The second-order valence-corrected chi connectivity index (χ2v) is 5.89. The van der Waals surface area contributed by atoms with Crippen molar-refractivity contribution in [3.8, 4) is 5.75 Å². The Hall–Kier alpha value is -2.78. The molecule has 1 aliphatic rings. The molecule has 1 saturated heterocycles. The Morgan fingerprint density at radius 2 is 2.19 bits per heavy atom. The van der Waals surface area contributed by atoms with E-state index in [2.05, 4.69) is 15.5 Å². The van der Waals surface area contributed by atoms with Gasteiger partial charge < -0.3 is 19.4 Å². The third-order valence-corrected chi connectivity index (χ3v) is 4.06. The van der Waals surface area contributed by atoms with E-state index in [9.17, 15) is 18.0 Å². The van der Waals surface area contributed by atoms with Crippen molar-refractivity contribution in [1.82, 2.24) is 15.1 Å². The van der Waals surface area contributed by atoms with Gasteiger partial charge in [0.15, 0.2) is 0 Å². The zero-order chi connectivity index (χ0) is 18.7. The number of methoxy groups -OCH3 is 1. The first-order valence-corrected chi connectivity index (χ1v) is 7.97. The maximum Gasteiger partial charge on any atom is 0.470 e. The molecule has 7 nitrogen and oxygen atoms in total. The van der Waals surface area contributed by atoms with Crippen molar-refractivity contribution >= 4 is 11.7 Å². The number of rotatable bonds is 3. The molecule has 2 aromatic rings. The van der Waals surface area contributed by atoms with E-state index in [0.29, 0.717) is 30.8 Å². The van der Waals surface area contributed by atoms with Crippen LogP contribution >= 0.6 is 0 Å². The second kappa shape index (κ2) is 7.22. The number of piperidine rings is 1. The summed E-state index contributed by atoms with van der Waals surface area (Å²) in [6.07, 6.45) is -3.48. The molecular formula is C16H17F3N4O3. The number of alkyl halides is 3. The number of carbonyl (C=O) groups excluding carboxylic acids is 1. The van der Waals surface area contributed by atoms with Gasteiger partial charge in [0.25, 0.3) is 0 Å². The van der Waals surface area contributed by atoms with Crippen molar-refractivity contribution in [2.75, 3.05) is 25.5 Å². The molecule has 0 spiro atoms. The third-order valence-electron chi connectivity index (χ3n) is 4.06. The van der Waals surface area contributed by atoms with E-state index < -0.39 is 18.0 Å². The Morgan fingerprint density at radius 3 is 2.88 bits per heavy atom. The molecule has 2 amide bonds. The highest BCUT2D eigenvalue weighted by atomic mass is 19.4. The lowest BCUT2D eigenvalue weighted by Gasteiger charge is -2.31. The number of urea groups is 1. The maximum absolute atomic E-state index is 12.6. The summed E-state index contributed by atoms with van der Waals surface area (Å²) in [6.45, 7) is 0.696. The normalized spacial score (nSPS) is 17.8. The summed E-state index contributed by atoms with van der Waals surface area (Å²) in [5.41, 5.74) is 0.564. The van der Waals surface area contributed by atoms with Gasteiger partial charge in [-0.2, -0.15) is 13.2 Å². The van der Waals surface area contributed by atoms with Crippen LogP contribution in [0.5, 0.6) is 5.75 Å². The minimum absolute atomic E-state index is 0.101. The van der Waals surface area contributed by atoms with Gasteiger partial charge in [0.2, 0.25) is 5.89 Å². The van der Waals surface area contributed by atoms with E-state index in [1.54, 1.807) is 24.3 Å². The quantitative estimate of drug-likeness (QED) is 0.894. The van der Waals surface area contributed by atoms with Gasteiger partial charge in [-0.3, -0.25) is 0 Å². The van der Waals surface area contributed by atoms with Crippen LogP contribution in [0.15, 0.2) is 28.7 Å². The number of ether oxygens (including phenoxy) is 1. The lowest BCUT2D eigenvalue weighted by Crippen LogP contribution is -2.41. The van der Waals surface area contributed by atoms with E-state index in [1.165, 1.54) is 12.0 Å². The molecule has 1 aromatic carbocycles. The van der Waals surface area contributed by atoms with Crippen LogP contribution in [0.1, 0.15) is 30.5 Å². The fourth-order valence-corrected chi connectivity index (χ4v) is 2.78. The van der Waals surface area contributed by atoms with Crippen LogP contribution in [0.2, 0.25) is 0 Å². The summed E-state index contributed by atoms with van der Waals surface area (Å²) in [5, 5.41) is 9.29. The first kappa shape index (κ1) is 18.0.